The van der Waals surface area contributed by atoms with Crippen molar-refractivity contribution < 1.29 is 14.6 Å². The van der Waals surface area contributed by atoms with E-state index in [1.165, 1.54) is 17.5 Å². The van der Waals surface area contributed by atoms with Crippen LogP contribution in [0.5, 0.6) is 5.75 Å². The van der Waals surface area contributed by atoms with E-state index in [0.29, 0.717) is 53.8 Å². The highest BCUT2D eigenvalue weighted by molar-refractivity contribution is 6.32. The smallest absolute Gasteiger partial charge is 0.308 e. The molecule has 8 nitrogen and oxygen atoms in total. The van der Waals surface area contributed by atoms with Gasteiger partial charge in [-0.2, -0.15) is 10.2 Å². The maximum atomic E-state index is 13.1. The monoisotopic (exact) mass is 478 g/mol. The molecule has 0 aliphatic heterocycles. The van der Waals surface area contributed by atoms with Crippen LogP contribution in [0.2, 0.25) is 5.02 Å². The van der Waals surface area contributed by atoms with Gasteiger partial charge in [-0.1, -0.05) is 29.8 Å². The van der Waals surface area contributed by atoms with Gasteiger partial charge in [-0.05, 0) is 49.8 Å². The first-order valence-electron chi connectivity index (χ1n) is 11.5. The molecule has 174 valence electrons. The number of carboxylic acid groups (broad SMARTS) is 1. The number of aliphatic carboxylic acids is 1. The molecule has 6 rings (SSSR count). The van der Waals surface area contributed by atoms with E-state index in [1.54, 1.807) is 22.9 Å². The largest absolute Gasteiger partial charge is 0.492 e. The van der Waals surface area contributed by atoms with Crippen LogP contribution >= 0.6 is 11.6 Å². The minimum absolute atomic E-state index is 0.259. The minimum Gasteiger partial charge on any atom is -0.492 e. The zero-order valence-corrected chi connectivity index (χ0v) is 19.1. The third kappa shape index (κ3) is 3.72. The maximum Gasteiger partial charge on any atom is 0.308 e. The molecule has 2 fully saturated rings. The SMILES string of the molecule is O=C(O)C1CCC1n1nc(Cn2cc3cc(OCC4CC4)c(Cl)cc3n2)c2ccccc2c1=O. The van der Waals surface area contributed by atoms with Crippen LogP contribution in [-0.4, -0.2) is 37.2 Å². The lowest BCUT2D eigenvalue weighted by atomic mass is 9.79. The second kappa shape index (κ2) is 8.13. The van der Waals surface area contributed by atoms with Crippen molar-refractivity contribution >= 4 is 39.2 Å². The van der Waals surface area contributed by atoms with Gasteiger partial charge in [0.25, 0.3) is 5.56 Å². The number of rotatable bonds is 7. The Labute approximate surface area is 199 Å². The predicted octanol–water partition coefficient (Wildman–Crippen LogP) is 4.27. The third-order valence-electron chi connectivity index (χ3n) is 6.86. The van der Waals surface area contributed by atoms with Gasteiger partial charge in [0.05, 0.1) is 46.7 Å². The number of ether oxygens (including phenoxy) is 1. The molecule has 2 aliphatic carbocycles. The molecule has 1 N–H and O–H groups in total. The van der Waals surface area contributed by atoms with Gasteiger partial charge in [0.2, 0.25) is 0 Å². The lowest BCUT2D eigenvalue weighted by molar-refractivity contribution is -0.147. The first kappa shape index (κ1) is 21.2. The Kier molecular flexibility index (Phi) is 5.06. The average molecular weight is 479 g/mol. The summed E-state index contributed by atoms with van der Waals surface area (Å²) >= 11 is 6.42. The number of halogens is 1. The molecule has 0 saturated heterocycles. The Hall–Kier alpha value is -3.39. The van der Waals surface area contributed by atoms with Gasteiger partial charge in [-0.3, -0.25) is 14.3 Å². The average Bonchev–Trinajstić information content (AvgIpc) is 3.53. The minimum atomic E-state index is -0.894. The lowest BCUT2D eigenvalue weighted by Crippen LogP contribution is -2.41. The van der Waals surface area contributed by atoms with Crippen LogP contribution in [0.1, 0.15) is 37.4 Å². The number of aromatic nitrogens is 4. The van der Waals surface area contributed by atoms with Gasteiger partial charge in [-0.25, -0.2) is 4.68 Å². The highest BCUT2D eigenvalue weighted by Crippen LogP contribution is 2.38. The van der Waals surface area contributed by atoms with Crippen LogP contribution < -0.4 is 10.3 Å². The van der Waals surface area contributed by atoms with Crippen molar-refractivity contribution in [2.75, 3.05) is 6.61 Å². The molecular formula is C25H23ClN4O4. The molecule has 2 aliphatic rings. The normalized spacial score (nSPS) is 19.9. The summed E-state index contributed by atoms with van der Waals surface area (Å²) < 4.78 is 9.02. The van der Waals surface area contributed by atoms with Gasteiger partial charge < -0.3 is 9.84 Å². The molecule has 2 saturated carbocycles. The van der Waals surface area contributed by atoms with Crippen molar-refractivity contribution in [3.8, 4) is 5.75 Å². The second-order valence-electron chi connectivity index (χ2n) is 9.25. The Balaban J connectivity index is 1.37. The Morgan fingerprint density at radius 2 is 1.91 bits per heavy atom. The molecular weight excluding hydrogens is 456 g/mol. The molecule has 0 spiro atoms. The number of carbonyl (C=O) groups is 1. The summed E-state index contributed by atoms with van der Waals surface area (Å²) in [5, 5.41) is 21.5. The van der Waals surface area contributed by atoms with E-state index in [4.69, 9.17) is 16.3 Å². The molecule has 2 aromatic heterocycles. The fraction of sp³-hybridized carbons (Fsp3) is 0.360. The van der Waals surface area contributed by atoms with Gasteiger partial charge in [0.15, 0.2) is 0 Å². The van der Waals surface area contributed by atoms with E-state index in [1.807, 2.05) is 24.4 Å². The van der Waals surface area contributed by atoms with Crippen molar-refractivity contribution in [3.05, 3.63) is 63.7 Å². The highest BCUT2D eigenvalue weighted by Gasteiger charge is 2.39. The molecule has 2 unspecified atom stereocenters. The summed E-state index contributed by atoms with van der Waals surface area (Å²) in [6.07, 6.45) is 5.48. The first-order chi connectivity index (χ1) is 16.5. The Bertz CT molecular complexity index is 1490. The number of hydrogen-bond donors (Lipinski definition) is 1. The molecule has 0 bridgehead atoms. The number of hydrogen-bond acceptors (Lipinski definition) is 5. The van der Waals surface area contributed by atoms with Crippen molar-refractivity contribution in [2.45, 2.75) is 38.3 Å². The number of nitrogens with zero attached hydrogens (tertiary/aromatic N) is 4. The van der Waals surface area contributed by atoms with Gasteiger partial charge in [0.1, 0.15) is 5.75 Å². The molecule has 0 radical (unpaired) electrons. The van der Waals surface area contributed by atoms with Crippen LogP contribution in [-0.2, 0) is 11.3 Å². The second-order valence-corrected chi connectivity index (χ2v) is 9.66. The van der Waals surface area contributed by atoms with E-state index in [2.05, 4.69) is 10.2 Å². The Morgan fingerprint density at radius 1 is 1.12 bits per heavy atom. The maximum absolute atomic E-state index is 13.1. The fourth-order valence-corrected chi connectivity index (χ4v) is 4.80. The van der Waals surface area contributed by atoms with Crippen LogP contribution in [0.4, 0.5) is 0 Å². The zero-order chi connectivity index (χ0) is 23.4. The zero-order valence-electron chi connectivity index (χ0n) is 18.4. The van der Waals surface area contributed by atoms with Crippen LogP contribution in [0.15, 0.2) is 47.4 Å². The molecule has 4 aromatic rings. The van der Waals surface area contributed by atoms with Crippen LogP contribution in [0.3, 0.4) is 0 Å². The number of fused-ring (bicyclic) bond motifs is 2. The van der Waals surface area contributed by atoms with E-state index in [0.717, 1.165) is 16.3 Å². The molecule has 9 heteroatoms. The lowest BCUT2D eigenvalue weighted by Gasteiger charge is -2.34. The van der Waals surface area contributed by atoms with E-state index >= 15 is 0 Å². The van der Waals surface area contributed by atoms with Gasteiger partial charge in [0, 0.05) is 17.0 Å². The molecule has 34 heavy (non-hydrogen) atoms. The standard InChI is InChI=1S/C25H23ClN4O4/c26-19-10-20-15(9-23(19)34-13-14-5-6-14)11-29(27-20)12-21-16-3-1-2-4-17(16)24(31)30(28-21)22-8-7-18(22)25(32)33/h1-4,9-11,14,18,22H,5-8,12-13H2,(H,32,33). The highest BCUT2D eigenvalue weighted by atomic mass is 35.5. The van der Waals surface area contributed by atoms with Crippen LogP contribution in [0, 0.1) is 11.8 Å². The summed E-state index contributed by atoms with van der Waals surface area (Å²) in [6.45, 7) is 1.01. The quantitative estimate of drug-likeness (QED) is 0.426. The molecule has 2 heterocycles. The van der Waals surface area contributed by atoms with Crippen molar-refractivity contribution in [3.63, 3.8) is 0 Å². The van der Waals surface area contributed by atoms with E-state index < -0.39 is 17.9 Å². The number of benzene rings is 2. The van der Waals surface area contributed by atoms with Crippen molar-refractivity contribution in [1.82, 2.24) is 19.6 Å². The van der Waals surface area contributed by atoms with Crippen LogP contribution in [0.25, 0.3) is 21.7 Å². The summed E-state index contributed by atoms with van der Waals surface area (Å²) in [5.74, 6) is -0.208. The third-order valence-corrected chi connectivity index (χ3v) is 7.16. The van der Waals surface area contributed by atoms with Gasteiger partial charge >= 0.3 is 5.97 Å². The number of carboxylic acids is 1. The van der Waals surface area contributed by atoms with Gasteiger partial charge in [-0.15, -0.1) is 0 Å². The Morgan fingerprint density at radius 3 is 2.62 bits per heavy atom. The molecule has 2 atom stereocenters. The summed E-state index contributed by atoms with van der Waals surface area (Å²) in [5.41, 5.74) is 1.15. The summed E-state index contributed by atoms with van der Waals surface area (Å²) in [6, 6.07) is 10.6. The molecule has 2 aromatic carbocycles. The van der Waals surface area contributed by atoms with E-state index in [9.17, 15) is 14.7 Å². The molecule has 0 amide bonds. The first-order valence-corrected chi connectivity index (χ1v) is 11.9. The van der Waals surface area contributed by atoms with Crippen molar-refractivity contribution in [1.29, 1.82) is 0 Å². The fourth-order valence-electron chi connectivity index (χ4n) is 4.59. The topological polar surface area (TPSA) is 99.2 Å². The summed E-state index contributed by atoms with van der Waals surface area (Å²) in [7, 11) is 0. The summed E-state index contributed by atoms with van der Waals surface area (Å²) in [4.78, 5) is 24.7. The van der Waals surface area contributed by atoms with Crippen molar-refractivity contribution in [2.24, 2.45) is 11.8 Å². The van der Waals surface area contributed by atoms with E-state index in [-0.39, 0.29) is 5.56 Å². The predicted molar refractivity (Wildman–Crippen MR) is 127 cm³/mol.